The van der Waals surface area contributed by atoms with Gasteiger partial charge < -0.3 is 5.32 Å². The highest BCUT2D eigenvalue weighted by Crippen LogP contribution is 2.44. The Kier molecular flexibility index (Phi) is 6.35. The number of rotatable bonds is 5. The number of allylic oxidation sites excluding steroid dienone is 1. The van der Waals surface area contributed by atoms with E-state index in [4.69, 9.17) is 0 Å². The smallest absolute Gasteiger partial charge is 0.230 e. The minimum absolute atomic E-state index is 0.179. The lowest BCUT2D eigenvalue weighted by Gasteiger charge is -2.36. The summed E-state index contributed by atoms with van der Waals surface area (Å²) < 4.78 is 0. The lowest BCUT2D eigenvalue weighted by Crippen LogP contribution is -2.41. The summed E-state index contributed by atoms with van der Waals surface area (Å²) in [7, 11) is 4.54. The van der Waals surface area contributed by atoms with Gasteiger partial charge in [0, 0.05) is 7.05 Å². The third-order valence-corrected chi connectivity index (χ3v) is 5.38. The summed E-state index contributed by atoms with van der Waals surface area (Å²) in [5.41, 5.74) is -0.309. The first-order valence-electron chi connectivity index (χ1n) is 7.25. The molecule has 0 saturated heterocycles. The predicted molar refractivity (Wildman–Crippen MR) is 81.4 cm³/mol. The lowest BCUT2D eigenvalue weighted by atomic mass is 9.71. The van der Waals surface area contributed by atoms with E-state index in [1.807, 2.05) is 6.92 Å². The van der Waals surface area contributed by atoms with Crippen LogP contribution in [-0.2, 0) is 4.79 Å². The Bertz CT molecular complexity index is 308. The molecule has 0 aromatic carbocycles. The Morgan fingerprint density at radius 1 is 1.39 bits per heavy atom. The van der Waals surface area contributed by atoms with Gasteiger partial charge in [-0.1, -0.05) is 45.1 Å². The Morgan fingerprint density at radius 3 is 2.44 bits per heavy atom. The zero-order valence-corrected chi connectivity index (χ0v) is 13.2. The maximum Gasteiger partial charge on any atom is 0.230 e. The number of nitrogens with one attached hydrogen (secondary N) is 1. The molecule has 18 heavy (non-hydrogen) atoms. The fourth-order valence-electron chi connectivity index (χ4n) is 3.25. The zero-order chi connectivity index (χ0) is 13.6. The minimum atomic E-state index is -0.309. The van der Waals surface area contributed by atoms with E-state index >= 15 is 0 Å². The maximum absolute atomic E-state index is 12.4. The maximum atomic E-state index is 12.4. The van der Waals surface area contributed by atoms with Gasteiger partial charge in [-0.15, -0.1) is 9.24 Å². The van der Waals surface area contributed by atoms with Gasteiger partial charge in [-0.2, -0.15) is 0 Å². The number of carbonyl (C=O) groups excluding carboxylic acids is 1. The quantitative estimate of drug-likeness (QED) is 0.754. The van der Waals surface area contributed by atoms with Gasteiger partial charge in [-0.05, 0) is 31.0 Å². The van der Waals surface area contributed by atoms with Crippen LogP contribution in [-0.4, -0.2) is 13.0 Å². The lowest BCUT2D eigenvalue weighted by molar-refractivity contribution is -0.129. The molecular formula is C15H28NOP. The van der Waals surface area contributed by atoms with Crippen LogP contribution in [0.25, 0.3) is 0 Å². The molecule has 0 aliphatic heterocycles. The second-order valence-corrected chi connectivity index (χ2v) is 6.09. The Hall–Kier alpha value is -0.360. The van der Waals surface area contributed by atoms with E-state index < -0.39 is 0 Å². The van der Waals surface area contributed by atoms with Crippen molar-refractivity contribution in [3.05, 3.63) is 11.4 Å². The highest BCUT2D eigenvalue weighted by Gasteiger charge is 2.39. The monoisotopic (exact) mass is 269 g/mol. The normalized spacial score (nSPS) is 21.4. The largest absolute Gasteiger partial charge is 0.358 e. The molecule has 1 fully saturated rings. The van der Waals surface area contributed by atoms with Crippen LogP contribution in [0.5, 0.6) is 0 Å². The molecule has 1 amide bonds. The van der Waals surface area contributed by atoms with E-state index in [1.165, 1.54) is 32.1 Å². The topological polar surface area (TPSA) is 29.1 Å². The van der Waals surface area contributed by atoms with E-state index in [0.717, 1.165) is 18.2 Å². The molecule has 2 unspecified atom stereocenters. The summed E-state index contributed by atoms with van der Waals surface area (Å²) in [6.45, 7) is 4.15. The van der Waals surface area contributed by atoms with Crippen LogP contribution in [0.15, 0.2) is 11.4 Å². The molecule has 0 radical (unpaired) electrons. The zero-order valence-electron chi connectivity index (χ0n) is 12.1. The summed E-state index contributed by atoms with van der Waals surface area (Å²) in [4.78, 5) is 12.4. The molecule has 104 valence electrons. The van der Waals surface area contributed by atoms with Crippen molar-refractivity contribution in [2.24, 2.45) is 11.3 Å². The van der Waals surface area contributed by atoms with Crippen molar-refractivity contribution in [3.63, 3.8) is 0 Å². The fourth-order valence-corrected chi connectivity index (χ4v) is 3.70. The number of carbonyl (C=O) groups is 1. The van der Waals surface area contributed by atoms with Crippen molar-refractivity contribution in [1.82, 2.24) is 5.32 Å². The Labute approximate surface area is 114 Å². The molecule has 1 aliphatic rings. The molecule has 0 aromatic rings. The summed E-state index contributed by atoms with van der Waals surface area (Å²) >= 11 is 0. The van der Waals surface area contributed by atoms with Crippen molar-refractivity contribution in [2.75, 3.05) is 7.05 Å². The van der Waals surface area contributed by atoms with Gasteiger partial charge in [0.2, 0.25) is 5.91 Å². The summed E-state index contributed by atoms with van der Waals surface area (Å²) in [6, 6.07) is 0. The standard InChI is InChI=1S/C15H28NOP/c1-4-13(18)15(5-2,14(17)16-3)11-12-9-7-6-8-10-12/h4,12H,5-11,18H2,1-3H3,(H,16,17)/b13-4+. The minimum Gasteiger partial charge on any atom is -0.358 e. The van der Waals surface area contributed by atoms with Gasteiger partial charge in [0.25, 0.3) is 0 Å². The van der Waals surface area contributed by atoms with Crippen molar-refractivity contribution >= 4 is 15.1 Å². The summed E-state index contributed by atoms with van der Waals surface area (Å²) in [6.07, 6.45) is 10.6. The Morgan fingerprint density at radius 2 is 2.00 bits per heavy atom. The first-order chi connectivity index (χ1) is 8.60. The van der Waals surface area contributed by atoms with Gasteiger partial charge in [0.05, 0.1) is 5.41 Å². The second-order valence-electron chi connectivity index (χ2n) is 5.47. The molecule has 2 atom stereocenters. The highest BCUT2D eigenvalue weighted by atomic mass is 31.0. The number of hydrogen-bond donors (Lipinski definition) is 1. The summed E-state index contributed by atoms with van der Waals surface area (Å²) in [5, 5.41) is 4.02. The van der Waals surface area contributed by atoms with E-state index in [9.17, 15) is 4.79 Å². The first-order valence-corrected chi connectivity index (χ1v) is 7.83. The highest BCUT2D eigenvalue weighted by molar-refractivity contribution is 7.22. The van der Waals surface area contributed by atoms with E-state index in [0.29, 0.717) is 5.92 Å². The first kappa shape index (κ1) is 15.7. The van der Waals surface area contributed by atoms with Gasteiger partial charge in [-0.3, -0.25) is 4.79 Å². The molecular weight excluding hydrogens is 241 g/mol. The van der Waals surface area contributed by atoms with Crippen LogP contribution < -0.4 is 5.32 Å². The van der Waals surface area contributed by atoms with E-state index in [2.05, 4.69) is 27.6 Å². The van der Waals surface area contributed by atoms with Crippen molar-refractivity contribution in [3.8, 4) is 0 Å². The second kappa shape index (κ2) is 7.28. The Balaban J connectivity index is 2.91. The van der Waals surface area contributed by atoms with Gasteiger partial charge in [-0.25, -0.2) is 0 Å². The van der Waals surface area contributed by atoms with Crippen LogP contribution in [0.2, 0.25) is 0 Å². The van der Waals surface area contributed by atoms with Gasteiger partial charge in [0.15, 0.2) is 0 Å². The fraction of sp³-hybridized carbons (Fsp3) is 0.800. The molecule has 0 bridgehead atoms. The molecule has 0 spiro atoms. The van der Waals surface area contributed by atoms with Gasteiger partial charge >= 0.3 is 0 Å². The molecule has 3 heteroatoms. The van der Waals surface area contributed by atoms with Crippen LogP contribution in [0.3, 0.4) is 0 Å². The van der Waals surface area contributed by atoms with Crippen LogP contribution in [0.1, 0.15) is 58.8 Å². The van der Waals surface area contributed by atoms with E-state index in [1.54, 1.807) is 7.05 Å². The molecule has 0 aromatic heterocycles. The van der Waals surface area contributed by atoms with Crippen LogP contribution >= 0.6 is 9.24 Å². The number of hydrogen-bond acceptors (Lipinski definition) is 1. The van der Waals surface area contributed by atoms with Crippen molar-refractivity contribution in [1.29, 1.82) is 0 Å². The summed E-state index contributed by atoms with van der Waals surface area (Å²) in [5.74, 6) is 0.894. The van der Waals surface area contributed by atoms with Crippen molar-refractivity contribution < 1.29 is 4.79 Å². The molecule has 0 heterocycles. The molecule has 1 rings (SSSR count). The average Bonchev–Trinajstić information content (AvgIpc) is 2.44. The van der Waals surface area contributed by atoms with Crippen LogP contribution in [0, 0.1) is 11.3 Å². The van der Waals surface area contributed by atoms with Gasteiger partial charge in [0.1, 0.15) is 0 Å². The SMILES string of the molecule is C/C=C(/P)C(CC)(CC1CCCCC1)C(=O)NC. The van der Waals surface area contributed by atoms with Crippen LogP contribution in [0.4, 0.5) is 0 Å². The average molecular weight is 269 g/mol. The van der Waals surface area contributed by atoms with Crippen molar-refractivity contribution in [2.45, 2.75) is 58.8 Å². The molecule has 1 N–H and O–H groups in total. The molecule has 1 aliphatic carbocycles. The van der Waals surface area contributed by atoms with E-state index in [-0.39, 0.29) is 11.3 Å². The number of amides is 1. The molecule has 1 saturated carbocycles. The molecule has 2 nitrogen and oxygen atoms in total. The third kappa shape index (κ3) is 3.35. The predicted octanol–water partition coefficient (Wildman–Crippen LogP) is 3.88. The third-order valence-electron chi connectivity index (χ3n) is 4.49.